The molecule has 8 heavy (non-hydrogen) atoms. The predicted molar refractivity (Wildman–Crippen MR) is 17.1 cm³/mol. The van der Waals surface area contributed by atoms with Crippen molar-refractivity contribution < 1.29 is 74.5 Å². The number of carbonyl (C=O) groups is 1. The van der Waals surface area contributed by atoms with Gasteiger partial charge in [-0.3, -0.25) is 0 Å². The van der Waals surface area contributed by atoms with Crippen LogP contribution in [0.5, 0.6) is 0 Å². The molecule has 0 aromatic rings. The molecule has 0 spiro atoms. The second-order valence-electron chi connectivity index (χ2n) is 0.523. The van der Waals surface area contributed by atoms with E-state index < -0.39 is 5.97 Å². The molecule has 0 aliphatic rings. The molecule has 0 saturated carbocycles. The maximum Gasteiger partial charge on any atom is 1.00 e. The summed E-state index contributed by atoms with van der Waals surface area (Å²) in [4.78, 5) is 9.14. The quantitative estimate of drug-likeness (QED) is 0.264. The standard InChI is InChI=1S/C3H4O2.2Na.H2O/c1-2-3(4)5;;;/h2H,1H2,(H,4,5);;;1H2/q;2*+1;/p-2. The van der Waals surface area contributed by atoms with Crippen molar-refractivity contribution >= 4 is 5.97 Å². The first-order chi connectivity index (χ1) is 2.27. The van der Waals surface area contributed by atoms with Gasteiger partial charge >= 0.3 is 59.1 Å². The van der Waals surface area contributed by atoms with Gasteiger partial charge < -0.3 is 15.4 Å². The summed E-state index contributed by atoms with van der Waals surface area (Å²) in [6.45, 7) is 2.90. The van der Waals surface area contributed by atoms with Gasteiger partial charge in [-0.15, -0.1) is 0 Å². The van der Waals surface area contributed by atoms with Gasteiger partial charge in [-0.05, 0) is 6.08 Å². The smallest absolute Gasteiger partial charge is 0.870 e. The molecule has 0 amide bonds. The Morgan fingerprint density at radius 2 is 1.62 bits per heavy atom. The monoisotopic (exact) mass is 134 g/mol. The van der Waals surface area contributed by atoms with Gasteiger partial charge in [0.25, 0.3) is 0 Å². The Balaban J connectivity index is -0.0000000267. The van der Waals surface area contributed by atoms with E-state index in [4.69, 9.17) is 9.90 Å². The van der Waals surface area contributed by atoms with Gasteiger partial charge in [0, 0.05) is 0 Å². The van der Waals surface area contributed by atoms with Gasteiger partial charge in [0.1, 0.15) is 0 Å². The number of carboxylic acids is 1. The average molecular weight is 134 g/mol. The van der Waals surface area contributed by atoms with Gasteiger partial charge in [-0.25, -0.2) is 0 Å². The fourth-order valence-electron chi connectivity index (χ4n) is 0. The van der Waals surface area contributed by atoms with Crippen LogP contribution in [0.3, 0.4) is 0 Å². The average Bonchev–Trinajstić information content (AvgIpc) is 1.38. The number of hydrogen-bond donors (Lipinski definition) is 0. The Morgan fingerprint density at radius 1 is 1.50 bits per heavy atom. The Morgan fingerprint density at radius 3 is 1.62 bits per heavy atom. The van der Waals surface area contributed by atoms with Crippen molar-refractivity contribution in [1.82, 2.24) is 0 Å². The number of carboxylic acid groups (broad SMARTS) is 1. The molecule has 0 aliphatic heterocycles. The molecule has 0 unspecified atom stereocenters. The van der Waals surface area contributed by atoms with E-state index in [0.29, 0.717) is 0 Å². The fraction of sp³-hybridized carbons (Fsp3) is 0. The summed E-state index contributed by atoms with van der Waals surface area (Å²) in [5.41, 5.74) is 0. The Kier molecular flexibility index (Phi) is 45.0. The largest absolute Gasteiger partial charge is 1.00 e. The zero-order valence-electron chi connectivity index (χ0n) is 5.05. The molecule has 0 bridgehead atoms. The first-order valence-electron chi connectivity index (χ1n) is 1.11. The van der Waals surface area contributed by atoms with Crippen molar-refractivity contribution in [2.45, 2.75) is 0 Å². The molecule has 0 aliphatic carbocycles. The van der Waals surface area contributed by atoms with Crippen LogP contribution in [0.15, 0.2) is 12.7 Å². The molecule has 0 saturated heterocycles. The van der Waals surface area contributed by atoms with Crippen LogP contribution >= 0.6 is 0 Å². The summed E-state index contributed by atoms with van der Waals surface area (Å²) in [6.07, 6.45) is 0.722. The van der Waals surface area contributed by atoms with Gasteiger partial charge in [0.15, 0.2) is 0 Å². The van der Waals surface area contributed by atoms with Crippen molar-refractivity contribution in [3.8, 4) is 0 Å². The Labute approximate surface area is 92.0 Å². The Hall–Kier alpha value is 1.17. The second kappa shape index (κ2) is 15.7. The van der Waals surface area contributed by atoms with E-state index in [0.717, 1.165) is 6.08 Å². The van der Waals surface area contributed by atoms with Crippen LogP contribution < -0.4 is 64.2 Å². The van der Waals surface area contributed by atoms with Crippen LogP contribution in [-0.2, 0) is 4.79 Å². The van der Waals surface area contributed by atoms with E-state index in [1.54, 1.807) is 0 Å². The number of aliphatic carboxylic acids is 1. The van der Waals surface area contributed by atoms with Gasteiger partial charge in [0.2, 0.25) is 0 Å². The molecule has 0 fully saturated rings. The molecule has 3 nitrogen and oxygen atoms in total. The summed E-state index contributed by atoms with van der Waals surface area (Å²) in [7, 11) is 0. The molecule has 0 aromatic carbocycles. The molecule has 0 aromatic heterocycles. The minimum absolute atomic E-state index is 0. The molecule has 1 N–H and O–H groups in total. The number of rotatable bonds is 1. The maximum absolute atomic E-state index is 9.14. The molecular formula is C3H4Na2O3. The summed E-state index contributed by atoms with van der Waals surface area (Å²) < 4.78 is 0. The molecule has 5 heteroatoms. The molecule has 0 rings (SSSR count). The summed E-state index contributed by atoms with van der Waals surface area (Å²) in [5, 5.41) is 9.14. The van der Waals surface area contributed by atoms with Crippen LogP contribution in [-0.4, -0.2) is 11.4 Å². The van der Waals surface area contributed by atoms with Crippen molar-refractivity contribution in [2.75, 3.05) is 0 Å². The number of carbonyl (C=O) groups excluding carboxylic acids is 1. The van der Waals surface area contributed by atoms with Crippen LogP contribution in [0, 0.1) is 0 Å². The summed E-state index contributed by atoms with van der Waals surface area (Å²) >= 11 is 0. The van der Waals surface area contributed by atoms with Gasteiger partial charge in [-0.1, -0.05) is 6.58 Å². The van der Waals surface area contributed by atoms with E-state index in [1.165, 1.54) is 0 Å². The van der Waals surface area contributed by atoms with Crippen molar-refractivity contribution in [3.63, 3.8) is 0 Å². The second-order valence-corrected chi connectivity index (χ2v) is 0.523. The van der Waals surface area contributed by atoms with E-state index in [2.05, 4.69) is 6.58 Å². The molecule has 0 heterocycles. The molecule has 0 radical (unpaired) electrons. The minimum atomic E-state index is -1.23. The third-order valence-electron chi connectivity index (χ3n) is 0.167. The van der Waals surface area contributed by atoms with Crippen molar-refractivity contribution in [3.05, 3.63) is 12.7 Å². The topological polar surface area (TPSA) is 70.1 Å². The van der Waals surface area contributed by atoms with E-state index in [-0.39, 0.29) is 64.6 Å². The van der Waals surface area contributed by atoms with E-state index in [1.807, 2.05) is 0 Å². The predicted octanol–water partition coefficient (Wildman–Crippen LogP) is -7.25. The zero-order valence-corrected chi connectivity index (χ0v) is 9.05. The third-order valence-corrected chi connectivity index (χ3v) is 0.167. The number of hydrogen-bond acceptors (Lipinski definition) is 3. The van der Waals surface area contributed by atoms with E-state index >= 15 is 0 Å². The molecular weight excluding hydrogens is 130 g/mol. The van der Waals surface area contributed by atoms with E-state index in [9.17, 15) is 0 Å². The molecule has 36 valence electrons. The van der Waals surface area contributed by atoms with Crippen molar-refractivity contribution in [2.24, 2.45) is 0 Å². The first kappa shape index (κ1) is 22.9. The van der Waals surface area contributed by atoms with Gasteiger partial charge in [0.05, 0.1) is 5.97 Å². The van der Waals surface area contributed by atoms with Crippen LogP contribution in [0.1, 0.15) is 0 Å². The van der Waals surface area contributed by atoms with Gasteiger partial charge in [-0.2, -0.15) is 0 Å². The van der Waals surface area contributed by atoms with Crippen LogP contribution in [0.25, 0.3) is 0 Å². The van der Waals surface area contributed by atoms with Crippen LogP contribution in [0.4, 0.5) is 0 Å². The fourth-order valence-corrected chi connectivity index (χ4v) is 0. The summed E-state index contributed by atoms with van der Waals surface area (Å²) in [6, 6.07) is 0. The van der Waals surface area contributed by atoms with Crippen molar-refractivity contribution in [1.29, 1.82) is 0 Å². The van der Waals surface area contributed by atoms with Crippen LogP contribution in [0.2, 0.25) is 0 Å². The molecule has 0 atom stereocenters. The first-order valence-corrected chi connectivity index (χ1v) is 1.11. The summed E-state index contributed by atoms with van der Waals surface area (Å²) in [5.74, 6) is -1.23. The zero-order chi connectivity index (χ0) is 4.28. The SMILES string of the molecule is C=CC(=O)[O-].[Na+].[Na+].[OH-]. The Bertz CT molecular complexity index is 63.5. The minimum Gasteiger partial charge on any atom is -0.870 e. The maximum atomic E-state index is 9.14. The normalized spacial score (nSPS) is 4.00. The third kappa shape index (κ3) is 27.2.